The van der Waals surface area contributed by atoms with E-state index in [0.717, 1.165) is 31.2 Å². The van der Waals surface area contributed by atoms with Gasteiger partial charge in [0.2, 0.25) is 5.78 Å². The molecule has 1 fully saturated rings. The minimum Gasteiger partial charge on any atom is -0.490 e. The van der Waals surface area contributed by atoms with E-state index in [4.69, 9.17) is 4.74 Å². The van der Waals surface area contributed by atoms with Crippen LogP contribution in [0.4, 0.5) is 0 Å². The third-order valence-electron chi connectivity index (χ3n) is 3.67. The summed E-state index contributed by atoms with van der Waals surface area (Å²) in [6.45, 7) is 0.683. The Bertz CT molecular complexity index is 455. The molecule has 0 atom stereocenters. The summed E-state index contributed by atoms with van der Waals surface area (Å²) in [5.41, 5.74) is 0.866. The maximum absolute atomic E-state index is 12.5. The molecule has 1 aliphatic heterocycles. The summed E-state index contributed by atoms with van der Waals surface area (Å²) in [6.07, 6.45) is 5.85. The monoisotopic (exact) mass is 228 g/mol. The van der Waals surface area contributed by atoms with Gasteiger partial charge in [-0.2, -0.15) is 0 Å². The zero-order chi connectivity index (χ0) is 11.7. The topological polar surface area (TPSA) is 26.3 Å². The van der Waals surface area contributed by atoms with Crippen molar-refractivity contribution in [3.8, 4) is 0 Å². The van der Waals surface area contributed by atoms with Gasteiger partial charge in [0.15, 0.2) is 5.76 Å². The summed E-state index contributed by atoms with van der Waals surface area (Å²) in [6, 6.07) is 10.1. The summed E-state index contributed by atoms with van der Waals surface area (Å²) >= 11 is 0. The van der Waals surface area contributed by atoms with Crippen LogP contribution in [0.2, 0.25) is 0 Å². The molecule has 1 saturated carbocycles. The Morgan fingerprint density at radius 2 is 1.94 bits per heavy atom. The molecule has 3 rings (SSSR count). The number of Topliss-reactive ketones (excluding diaryl/α,β-unsaturated/α-hetero) is 1. The Balaban J connectivity index is 1.89. The second kappa shape index (κ2) is 4.02. The van der Waals surface area contributed by atoms with Crippen molar-refractivity contribution in [2.45, 2.75) is 31.1 Å². The highest BCUT2D eigenvalue weighted by atomic mass is 16.5. The molecular formula is C15H16O2. The summed E-state index contributed by atoms with van der Waals surface area (Å²) in [5, 5.41) is 0. The van der Waals surface area contributed by atoms with E-state index in [9.17, 15) is 4.79 Å². The van der Waals surface area contributed by atoms with Crippen molar-refractivity contribution >= 4 is 5.78 Å². The lowest BCUT2D eigenvalue weighted by atomic mass is 9.89. The lowest BCUT2D eigenvalue weighted by Crippen LogP contribution is -2.25. The standard InChI is InChI=1S/C15H16O2/c16-14(13-8-4-5-11-17-13)15(9-10-15)12-6-2-1-3-7-12/h1-3,6-8H,4-5,9-11H2. The predicted octanol–water partition coefficient (Wildman–Crippen LogP) is 2.98. The van der Waals surface area contributed by atoms with Gasteiger partial charge in [-0.3, -0.25) is 4.79 Å². The van der Waals surface area contributed by atoms with E-state index in [1.165, 1.54) is 0 Å². The molecule has 2 nitrogen and oxygen atoms in total. The molecule has 0 amide bonds. The number of allylic oxidation sites excluding steroid dienone is 2. The second-order valence-corrected chi connectivity index (χ2v) is 4.84. The molecule has 2 heteroatoms. The molecule has 1 heterocycles. The molecule has 1 aliphatic carbocycles. The highest BCUT2D eigenvalue weighted by Gasteiger charge is 2.52. The van der Waals surface area contributed by atoms with Gasteiger partial charge in [0.1, 0.15) is 0 Å². The molecule has 0 saturated heterocycles. The van der Waals surface area contributed by atoms with Gasteiger partial charge >= 0.3 is 0 Å². The van der Waals surface area contributed by atoms with Gasteiger partial charge in [-0.25, -0.2) is 0 Å². The van der Waals surface area contributed by atoms with E-state index in [0.29, 0.717) is 12.4 Å². The van der Waals surface area contributed by atoms with Gasteiger partial charge in [0.05, 0.1) is 12.0 Å². The molecule has 0 radical (unpaired) electrons. The van der Waals surface area contributed by atoms with Gasteiger partial charge in [0.25, 0.3) is 0 Å². The van der Waals surface area contributed by atoms with Crippen molar-refractivity contribution in [2.24, 2.45) is 0 Å². The number of rotatable bonds is 3. The minimum absolute atomic E-state index is 0.184. The van der Waals surface area contributed by atoms with E-state index in [2.05, 4.69) is 0 Å². The number of carbonyl (C=O) groups excluding carboxylic acids is 1. The zero-order valence-electron chi connectivity index (χ0n) is 9.82. The molecular weight excluding hydrogens is 212 g/mol. The Morgan fingerprint density at radius 3 is 2.53 bits per heavy atom. The van der Waals surface area contributed by atoms with Gasteiger partial charge in [-0.15, -0.1) is 0 Å². The fraction of sp³-hybridized carbons (Fsp3) is 0.400. The first-order chi connectivity index (χ1) is 8.33. The third kappa shape index (κ3) is 1.78. The highest BCUT2D eigenvalue weighted by Crippen LogP contribution is 2.50. The van der Waals surface area contributed by atoms with Crippen molar-refractivity contribution in [3.63, 3.8) is 0 Å². The van der Waals surface area contributed by atoms with Crippen LogP contribution in [0.5, 0.6) is 0 Å². The maximum atomic E-state index is 12.5. The Labute approximate surface area is 101 Å². The first-order valence-electron chi connectivity index (χ1n) is 6.26. The molecule has 88 valence electrons. The van der Waals surface area contributed by atoms with Crippen molar-refractivity contribution in [1.29, 1.82) is 0 Å². The number of benzene rings is 1. The summed E-state index contributed by atoms with van der Waals surface area (Å²) in [5.74, 6) is 0.779. The van der Waals surface area contributed by atoms with Crippen LogP contribution < -0.4 is 0 Å². The van der Waals surface area contributed by atoms with Crippen molar-refractivity contribution in [1.82, 2.24) is 0 Å². The first kappa shape index (κ1) is 10.6. The Morgan fingerprint density at radius 1 is 1.18 bits per heavy atom. The maximum Gasteiger partial charge on any atom is 0.207 e. The van der Waals surface area contributed by atoms with Gasteiger partial charge < -0.3 is 4.74 Å². The summed E-state index contributed by atoms with van der Waals surface area (Å²) in [7, 11) is 0. The smallest absolute Gasteiger partial charge is 0.207 e. The largest absolute Gasteiger partial charge is 0.490 e. The SMILES string of the molecule is O=C(C1=CCCCO1)C1(c2ccccc2)CC1. The van der Waals surface area contributed by atoms with E-state index in [1.807, 2.05) is 36.4 Å². The van der Waals surface area contributed by atoms with Crippen LogP contribution in [0, 0.1) is 0 Å². The van der Waals surface area contributed by atoms with E-state index in [-0.39, 0.29) is 11.2 Å². The number of hydrogen-bond acceptors (Lipinski definition) is 2. The Hall–Kier alpha value is -1.57. The van der Waals surface area contributed by atoms with Crippen LogP contribution in [-0.4, -0.2) is 12.4 Å². The number of carbonyl (C=O) groups is 1. The van der Waals surface area contributed by atoms with E-state index < -0.39 is 0 Å². The zero-order valence-corrected chi connectivity index (χ0v) is 9.82. The fourth-order valence-corrected chi connectivity index (χ4v) is 2.48. The van der Waals surface area contributed by atoms with Crippen molar-refractivity contribution in [2.75, 3.05) is 6.61 Å². The quantitative estimate of drug-likeness (QED) is 0.795. The lowest BCUT2D eigenvalue weighted by Gasteiger charge is -2.19. The number of hydrogen-bond donors (Lipinski definition) is 0. The van der Waals surface area contributed by atoms with Crippen LogP contribution in [0.1, 0.15) is 31.2 Å². The van der Waals surface area contributed by atoms with Crippen LogP contribution in [0.15, 0.2) is 42.2 Å². The molecule has 1 aromatic rings. The molecule has 17 heavy (non-hydrogen) atoms. The highest BCUT2D eigenvalue weighted by molar-refractivity contribution is 6.04. The molecule has 0 unspecified atom stereocenters. The van der Waals surface area contributed by atoms with Crippen LogP contribution in [-0.2, 0) is 14.9 Å². The molecule has 0 spiro atoms. The predicted molar refractivity (Wildman–Crippen MR) is 65.6 cm³/mol. The molecule has 1 aromatic carbocycles. The fourth-order valence-electron chi connectivity index (χ4n) is 2.48. The number of ether oxygens (including phenoxy) is 1. The van der Waals surface area contributed by atoms with Crippen LogP contribution >= 0.6 is 0 Å². The minimum atomic E-state index is -0.273. The van der Waals surface area contributed by atoms with Crippen LogP contribution in [0.3, 0.4) is 0 Å². The van der Waals surface area contributed by atoms with Crippen molar-refractivity contribution < 1.29 is 9.53 Å². The second-order valence-electron chi connectivity index (χ2n) is 4.84. The average Bonchev–Trinajstić information content (AvgIpc) is 3.21. The van der Waals surface area contributed by atoms with Crippen molar-refractivity contribution in [3.05, 3.63) is 47.7 Å². The Kier molecular flexibility index (Phi) is 2.50. The normalized spacial score (nSPS) is 21.3. The lowest BCUT2D eigenvalue weighted by molar-refractivity contribution is -0.121. The third-order valence-corrected chi connectivity index (χ3v) is 3.67. The summed E-state index contributed by atoms with van der Waals surface area (Å²) in [4.78, 5) is 12.5. The first-order valence-corrected chi connectivity index (χ1v) is 6.26. The summed E-state index contributed by atoms with van der Waals surface area (Å²) < 4.78 is 5.50. The van der Waals surface area contributed by atoms with Gasteiger partial charge in [-0.05, 0) is 37.3 Å². The average molecular weight is 228 g/mol. The molecule has 0 N–H and O–H groups in total. The number of ketones is 1. The molecule has 0 bridgehead atoms. The molecule has 2 aliphatic rings. The van der Waals surface area contributed by atoms with E-state index in [1.54, 1.807) is 0 Å². The van der Waals surface area contributed by atoms with E-state index >= 15 is 0 Å². The van der Waals surface area contributed by atoms with Crippen LogP contribution in [0.25, 0.3) is 0 Å². The van der Waals surface area contributed by atoms with Gasteiger partial charge in [0, 0.05) is 0 Å². The van der Waals surface area contributed by atoms with Gasteiger partial charge in [-0.1, -0.05) is 30.3 Å². The molecule has 0 aromatic heterocycles.